The van der Waals surface area contributed by atoms with E-state index in [0.717, 1.165) is 17.3 Å². The van der Waals surface area contributed by atoms with Crippen LogP contribution in [0.3, 0.4) is 0 Å². The van der Waals surface area contributed by atoms with Crippen molar-refractivity contribution >= 4 is 0 Å². The molecule has 0 radical (unpaired) electrons. The van der Waals surface area contributed by atoms with Gasteiger partial charge < -0.3 is 5.32 Å². The zero-order chi connectivity index (χ0) is 14.6. The molecule has 2 nitrogen and oxygen atoms in total. The number of aryl methyl sites for hydroxylation is 3. The lowest BCUT2D eigenvalue weighted by molar-refractivity contribution is 0.415. The van der Waals surface area contributed by atoms with E-state index in [0.29, 0.717) is 12.1 Å². The lowest BCUT2D eigenvalue weighted by atomic mass is 9.98. The molecule has 0 aromatic carbocycles. The molecule has 0 fully saturated rings. The Balaban J connectivity index is 2.70. The van der Waals surface area contributed by atoms with Gasteiger partial charge in [0.1, 0.15) is 0 Å². The van der Waals surface area contributed by atoms with Crippen molar-refractivity contribution in [2.24, 2.45) is 5.92 Å². The predicted molar refractivity (Wildman–Crippen MR) is 83.5 cm³/mol. The fourth-order valence-electron chi connectivity index (χ4n) is 2.87. The van der Waals surface area contributed by atoms with E-state index >= 15 is 0 Å². The van der Waals surface area contributed by atoms with Gasteiger partial charge in [0, 0.05) is 23.5 Å². The Kier molecular flexibility index (Phi) is 5.99. The van der Waals surface area contributed by atoms with Crippen LogP contribution in [0.4, 0.5) is 0 Å². The largest absolute Gasteiger partial charge is 0.308 e. The highest BCUT2D eigenvalue weighted by molar-refractivity contribution is 5.33. The van der Waals surface area contributed by atoms with Crippen molar-refractivity contribution in [1.29, 1.82) is 0 Å². The van der Waals surface area contributed by atoms with Crippen LogP contribution in [-0.4, -0.2) is 11.0 Å². The summed E-state index contributed by atoms with van der Waals surface area (Å²) < 4.78 is 0. The van der Waals surface area contributed by atoms with Crippen LogP contribution < -0.4 is 5.32 Å². The van der Waals surface area contributed by atoms with E-state index in [-0.39, 0.29) is 0 Å². The molecule has 1 heterocycles. The lowest BCUT2D eigenvalue weighted by Gasteiger charge is -2.23. The zero-order valence-corrected chi connectivity index (χ0v) is 13.7. The molecular formula is C17H30N2. The van der Waals surface area contributed by atoms with Gasteiger partial charge in [-0.05, 0) is 70.6 Å². The Morgan fingerprint density at radius 3 is 2.21 bits per heavy atom. The molecule has 0 saturated carbocycles. The lowest BCUT2D eigenvalue weighted by Crippen LogP contribution is -2.30. The molecule has 108 valence electrons. The van der Waals surface area contributed by atoms with E-state index in [9.17, 15) is 0 Å². The average molecular weight is 262 g/mol. The predicted octanol–water partition coefficient (Wildman–Crippen LogP) is 4.48. The van der Waals surface area contributed by atoms with Gasteiger partial charge >= 0.3 is 0 Å². The third-order valence-corrected chi connectivity index (χ3v) is 3.73. The van der Waals surface area contributed by atoms with Crippen molar-refractivity contribution in [2.45, 2.75) is 73.4 Å². The van der Waals surface area contributed by atoms with Crippen molar-refractivity contribution in [1.82, 2.24) is 10.3 Å². The number of aromatic nitrogens is 1. The van der Waals surface area contributed by atoms with Crippen LogP contribution in [0.15, 0.2) is 6.07 Å². The van der Waals surface area contributed by atoms with Crippen molar-refractivity contribution in [3.8, 4) is 0 Å². The zero-order valence-electron chi connectivity index (χ0n) is 13.7. The quantitative estimate of drug-likeness (QED) is 0.817. The van der Waals surface area contributed by atoms with Gasteiger partial charge in [0.15, 0.2) is 0 Å². The summed E-state index contributed by atoms with van der Waals surface area (Å²) in [6.45, 7) is 15.5. The summed E-state index contributed by atoms with van der Waals surface area (Å²) in [4.78, 5) is 4.60. The number of hydrogen-bond acceptors (Lipinski definition) is 2. The standard InChI is InChI=1S/C17H30N2/c1-11(2)8-9-13(4)18-15(6)17-12(3)10-14(5)19-16(17)7/h10-11,13,15,18H,8-9H2,1-7H3. The van der Waals surface area contributed by atoms with Crippen molar-refractivity contribution < 1.29 is 0 Å². The Bertz CT molecular complexity index is 387. The number of hydrogen-bond donors (Lipinski definition) is 1. The number of rotatable bonds is 6. The molecule has 1 rings (SSSR count). The first-order valence-corrected chi connectivity index (χ1v) is 7.52. The van der Waals surface area contributed by atoms with Gasteiger partial charge in [-0.25, -0.2) is 0 Å². The van der Waals surface area contributed by atoms with Crippen LogP contribution in [0.1, 0.15) is 69.1 Å². The SMILES string of the molecule is Cc1cc(C)c(C(C)NC(C)CCC(C)C)c(C)n1. The number of nitrogens with one attached hydrogen (secondary N) is 1. The maximum absolute atomic E-state index is 4.60. The molecule has 0 bridgehead atoms. The summed E-state index contributed by atoms with van der Waals surface area (Å²) >= 11 is 0. The smallest absolute Gasteiger partial charge is 0.0426 e. The van der Waals surface area contributed by atoms with Gasteiger partial charge in [-0.15, -0.1) is 0 Å². The van der Waals surface area contributed by atoms with Crippen molar-refractivity contribution in [2.75, 3.05) is 0 Å². The van der Waals surface area contributed by atoms with Gasteiger partial charge in [0.2, 0.25) is 0 Å². The van der Waals surface area contributed by atoms with Gasteiger partial charge in [-0.1, -0.05) is 13.8 Å². The van der Waals surface area contributed by atoms with Crippen molar-refractivity contribution in [3.63, 3.8) is 0 Å². The molecule has 0 aliphatic rings. The van der Waals surface area contributed by atoms with Crippen LogP contribution in [0.2, 0.25) is 0 Å². The minimum Gasteiger partial charge on any atom is -0.308 e. The van der Waals surface area contributed by atoms with E-state index in [4.69, 9.17) is 0 Å². The molecule has 0 spiro atoms. The summed E-state index contributed by atoms with van der Waals surface area (Å²) in [7, 11) is 0. The first-order valence-electron chi connectivity index (χ1n) is 7.52. The molecular weight excluding hydrogens is 232 g/mol. The molecule has 1 aromatic heterocycles. The fraction of sp³-hybridized carbons (Fsp3) is 0.706. The maximum atomic E-state index is 4.60. The average Bonchev–Trinajstić information content (AvgIpc) is 2.24. The van der Waals surface area contributed by atoms with Crippen molar-refractivity contribution in [3.05, 3.63) is 28.6 Å². The molecule has 19 heavy (non-hydrogen) atoms. The highest BCUT2D eigenvalue weighted by Gasteiger charge is 2.15. The van der Waals surface area contributed by atoms with Crippen LogP contribution in [0.25, 0.3) is 0 Å². The van der Waals surface area contributed by atoms with E-state index in [1.165, 1.54) is 24.0 Å². The molecule has 1 aromatic rings. The van der Waals surface area contributed by atoms with E-state index in [1.807, 2.05) is 0 Å². The van der Waals surface area contributed by atoms with Crippen LogP contribution in [0, 0.1) is 26.7 Å². The molecule has 2 unspecified atom stereocenters. The molecule has 2 atom stereocenters. The summed E-state index contributed by atoms with van der Waals surface area (Å²) in [6.07, 6.45) is 2.52. The third-order valence-electron chi connectivity index (χ3n) is 3.73. The van der Waals surface area contributed by atoms with Crippen LogP contribution in [-0.2, 0) is 0 Å². The molecule has 1 N–H and O–H groups in total. The Morgan fingerprint density at radius 1 is 1.05 bits per heavy atom. The second-order valence-corrected chi connectivity index (χ2v) is 6.34. The summed E-state index contributed by atoms with van der Waals surface area (Å²) in [5, 5.41) is 3.71. The molecule has 2 heteroatoms. The monoisotopic (exact) mass is 262 g/mol. The van der Waals surface area contributed by atoms with E-state index < -0.39 is 0 Å². The molecule has 0 aliphatic carbocycles. The topological polar surface area (TPSA) is 24.9 Å². The number of nitrogens with zero attached hydrogens (tertiary/aromatic N) is 1. The molecule has 0 saturated heterocycles. The van der Waals surface area contributed by atoms with E-state index in [1.54, 1.807) is 0 Å². The second kappa shape index (κ2) is 7.04. The Labute approximate surface area is 119 Å². The van der Waals surface area contributed by atoms with Gasteiger partial charge in [-0.3, -0.25) is 4.98 Å². The van der Waals surface area contributed by atoms with Gasteiger partial charge in [-0.2, -0.15) is 0 Å². The first-order chi connectivity index (χ1) is 8.81. The normalized spacial score (nSPS) is 14.7. The highest BCUT2D eigenvalue weighted by Crippen LogP contribution is 2.22. The molecule has 0 aliphatic heterocycles. The summed E-state index contributed by atoms with van der Waals surface area (Å²) in [5.41, 5.74) is 4.98. The van der Waals surface area contributed by atoms with E-state index in [2.05, 4.69) is 64.8 Å². The Morgan fingerprint density at radius 2 is 1.68 bits per heavy atom. The summed E-state index contributed by atoms with van der Waals surface area (Å²) in [5.74, 6) is 0.782. The number of pyridine rings is 1. The van der Waals surface area contributed by atoms with Crippen LogP contribution in [0.5, 0.6) is 0 Å². The minimum absolute atomic E-state index is 0.371. The maximum Gasteiger partial charge on any atom is 0.0426 e. The Hall–Kier alpha value is -0.890. The van der Waals surface area contributed by atoms with Gasteiger partial charge in [0.05, 0.1) is 0 Å². The minimum atomic E-state index is 0.371. The fourth-order valence-corrected chi connectivity index (χ4v) is 2.87. The highest BCUT2D eigenvalue weighted by atomic mass is 14.9. The third kappa shape index (κ3) is 4.94. The van der Waals surface area contributed by atoms with Crippen LogP contribution >= 0.6 is 0 Å². The van der Waals surface area contributed by atoms with Gasteiger partial charge in [0.25, 0.3) is 0 Å². The first kappa shape index (κ1) is 16.2. The molecule has 0 amide bonds. The summed E-state index contributed by atoms with van der Waals surface area (Å²) in [6, 6.07) is 3.10. The second-order valence-electron chi connectivity index (χ2n) is 6.34.